The fourth-order valence-electron chi connectivity index (χ4n) is 0.994. The van der Waals surface area contributed by atoms with E-state index >= 15 is 0 Å². The van der Waals surface area contributed by atoms with Gasteiger partial charge in [-0.05, 0) is 0 Å². The minimum absolute atomic E-state index is 0.149. The van der Waals surface area contributed by atoms with E-state index in [2.05, 4.69) is 0 Å². The Kier molecular flexibility index (Phi) is 2.71. The molecule has 2 nitrogen and oxygen atoms in total. The van der Waals surface area contributed by atoms with Gasteiger partial charge < -0.3 is 9.47 Å². The molecular weight excluding hydrogens is 270 g/mol. The van der Waals surface area contributed by atoms with Gasteiger partial charge in [-0.2, -0.15) is 0 Å². The van der Waals surface area contributed by atoms with Gasteiger partial charge in [-0.15, -0.1) is 0 Å². The third kappa shape index (κ3) is 1.43. The highest BCUT2D eigenvalue weighted by Crippen LogP contribution is 2.51. The molecule has 0 bridgehead atoms. The van der Waals surface area contributed by atoms with Crippen molar-refractivity contribution in [2.24, 2.45) is 0 Å². The largest absolute Gasteiger partial charge is 0.456 e. The Hall–Kier alpha value is -0.280. The summed E-state index contributed by atoms with van der Waals surface area (Å²) in [6.45, 7) is 0. The SMILES string of the molecule is Clc1c(Cl)c(Cl)c2c(c1Cl)OC=CO2. The number of hydrogen-bond acceptors (Lipinski definition) is 2. The first kappa shape index (κ1) is 10.2. The maximum absolute atomic E-state index is 5.87. The number of fused-ring (bicyclic) bond motifs is 1. The van der Waals surface area contributed by atoms with Gasteiger partial charge in [0.25, 0.3) is 0 Å². The average Bonchev–Trinajstić information content (AvgIpc) is 2.23. The topological polar surface area (TPSA) is 18.5 Å². The first-order chi connectivity index (χ1) is 6.63. The summed E-state index contributed by atoms with van der Waals surface area (Å²) in [5.74, 6) is 0.544. The van der Waals surface area contributed by atoms with E-state index < -0.39 is 0 Å². The molecule has 1 aromatic rings. The van der Waals surface area contributed by atoms with Gasteiger partial charge in [0, 0.05) is 0 Å². The molecular formula is C8H2Cl4O2. The highest BCUT2D eigenvalue weighted by atomic mass is 35.5. The van der Waals surface area contributed by atoms with Crippen LogP contribution < -0.4 is 9.47 Å². The highest BCUT2D eigenvalue weighted by Gasteiger charge is 2.23. The van der Waals surface area contributed by atoms with Crippen molar-refractivity contribution in [3.8, 4) is 11.5 Å². The average molecular weight is 272 g/mol. The number of halogens is 4. The minimum atomic E-state index is 0.149. The van der Waals surface area contributed by atoms with E-state index in [0.29, 0.717) is 0 Å². The summed E-state index contributed by atoms with van der Waals surface area (Å²) < 4.78 is 10.2. The normalized spacial score (nSPS) is 13.1. The lowest BCUT2D eigenvalue weighted by molar-refractivity contribution is 0.362. The predicted molar refractivity (Wildman–Crippen MR) is 56.9 cm³/mol. The quantitative estimate of drug-likeness (QED) is 0.509. The monoisotopic (exact) mass is 270 g/mol. The van der Waals surface area contributed by atoms with E-state index in [0.717, 1.165) is 0 Å². The first-order valence-electron chi connectivity index (χ1n) is 3.47. The van der Waals surface area contributed by atoms with Gasteiger partial charge in [0.2, 0.25) is 0 Å². The Morgan fingerprint density at radius 2 is 1.00 bits per heavy atom. The van der Waals surface area contributed by atoms with Crippen molar-refractivity contribution < 1.29 is 9.47 Å². The Morgan fingerprint density at radius 1 is 0.643 bits per heavy atom. The molecule has 0 unspecified atom stereocenters. The number of rotatable bonds is 0. The molecule has 0 aromatic heterocycles. The molecule has 1 heterocycles. The summed E-state index contributed by atoms with van der Waals surface area (Å²) in [5.41, 5.74) is 0. The smallest absolute Gasteiger partial charge is 0.190 e. The fraction of sp³-hybridized carbons (Fsp3) is 0. The molecule has 0 spiro atoms. The van der Waals surface area contributed by atoms with Crippen LogP contribution in [0.2, 0.25) is 20.1 Å². The zero-order chi connectivity index (χ0) is 10.3. The van der Waals surface area contributed by atoms with Crippen LogP contribution in [0.1, 0.15) is 0 Å². The molecule has 0 amide bonds. The second kappa shape index (κ2) is 3.70. The van der Waals surface area contributed by atoms with E-state index in [9.17, 15) is 0 Å². The van der Waals surface area contributed by atoms with E-state index in [1.54, 1.807) is 0 Å². The second-order valence-electron chi connectivity index (χ2n) is 2.42. The molecule has 0 aliphatic carbocycles. The van der Waals surface area contributed by atoms with Gasteiger partial charge in [0.15, 0.2) is 11.5 Å². The summed E-state index contributed by atoms with van der Waals surface area (Å²) in [6.07, 6.45) is 2.66. The molecule has 2 rings (SSSR count). The van der Waals surface area contributed by atoms with Gasteiger partial charge >= 0.3 is 0 Å². The van der Waals surface area contributed by atoms with Crippen molar-refractivity contribution in [2.45, 2.75) is 0 Å². The van der Waals surface area contributed by atoms with Gasteiger partial charge in [-0.3, -0.25) is 0 Å². The molecule has 1 aromatic carbocycles. The Bertz CT molecular complexity index is 389. The standard InChI is InChI=1S/C8H2Cl4O2/c9-3-4(10)6(12)8-7(5(3)11)13-1-2-14-8/h1-2H. The molecule has 1 aliphatic rings. The molecule has 0 radical (unpaired) electrons. The summed E-state index contributed by atoms with van der Waals surface area (Å²) >= 11 is 23.4. The van der Waals surface area contributed by atoms with Crippen LogP contribution in [0.25, 0.3) is 0 Å². The van der Waals surface area contributed by atoms with Gasteiger partial charge in [0.1, 0.15) is 22.6 Å². The molecule has 14 heavy (non-hydrogen) atoms. The fourth-order valence-corrected chi connectivity index (χ4v) is 1.90. The minimum Gasteiger partial charge on any atom is -0.456 e. The van der Waals surface area contributed by atoms with Gasteiger partial charge in [0.05, 0.1) is 10.0 Å². The zero-order valence-electron chi connectivity index (χ0n) is 6.48. The predicted octanol–water partition coefficient (Wildman–Crippen LogP) is 4.54. The van der Waals surface area contributed by atoms with Crippen molar-refractivity contribution in [1.82, 2.24) is 0 Å². The summed E-state index contributed by atoms with van der Waals surface area (Å²) in [5, 5.41) is 0.660. The van der Waals surface area contributed by atoms with E-state index in [4.69, 9.17) is 55.9 Å². The van der Waals surface area contributed by atoms with Crippen molar-refractivity contribution >= 4 is 46.4 Å². The van der Waals surface area contributed by atoms with Crippen LogP contribution in [0, 0.1) is 0 Å². The number of benzene rings is 1. The Balaban J connectivity index is 2.74. The van der Waals surface area contributed by atoms with Crippen molar-refractivity contribution in [3.05, 3.63) is 32.6 Å². The van der Waals surface area contributed by atoms with E-state index in [1.807, 2.05) is 0 Å². The lowest BCUT2D eigenvalue weighted by Crippen LogP contribution is -1.98. The maximum Gasteiger partial charge on any atom is 0.190 e. The Labute approximate surface area is 99.9 Å². The summed E-state index contributed by atoms with van der Waals surface area (Å²) in [6, 6.07) is 0. The van der Waals surface area contributed by atoms with Crippen LogP contribution >= 0.6 is 46.4 Å². The lowest BCUT2D eigenvalue weighted by Gasteiger charge is -2.16. The number of ether oxygens (including phenoxy) is 2. The van der Waals surface area contributed by atoms with E-state index in [1.165, 1.54) is 12.5 Å². The third-order valence-electron chi connectivity index (χ3n) is 1.61. The van der Waals surface area contributed by atoms with E-state index in [-0.39, 0.29) is 31.6 Å². The number of hydrogen-bond donors (Lipinski definition) is 0. The summed E-state index contributed by atoms with van der Waals surface area (Å²) in [4.78, 5) is 0. The zero-order valence-corrected chi connectivity index (χ0v) is 9.51. The molecule has 0 N–H and O–H groups in total. The second-order valence-corrected chi connectivity index (χ2v) is 3.93. The molecule has 0 saturated carbocycles. The van der Waals surface area contributed by atoms with Crippen molar-refractivity contribution in [2.75, 3.05) is 0 Å². The molecule has 0 saturated heterocycles. The lowest BCUT2D eigenvalue weighted by atomic mass is 10.3. The van der Waals surface area contributed by atoms with Gasteiger partial charge in [-0.1, -0.05) is 46.4 Å². The van der Waals surface area contributed by atoms with Crippen LogP contribution in [0.3, 0.4) is 0 Å². The van der Waals surface area contributed by atoms with Crippen molar-refractivity contribution in [1.29, 1.82) is 0 Å². The molecule has 74 valence electrons. The highest BCUT2D eigenvalue weighted by molar-refractivity contribution is 6.53. The third-order valence-corrected chi connectivity index (χ3v) is 3.38. The van der Waals surface area contributed by atoms with Gasteiger partial charge in [-0.25, -0.2) is 0 Å². The maximum atomic E-state index is 5.87. The molecule has 0 fully saturated rings. The molecule has 0 atom stereocenters. The van der Waals surface area contributed by atoms with Crippen LogP contribution in [0.15, 0.2) is 12.5 Å². The van der Waals surface area contributed by atoms with Crippen LogP contribution in [-0.2, 0) is 0 Å². The van der Waals surface area contributed by atoms with Crippen LogP contribution in [0.5, 0.6) is 11.5 Å². The molecule has 1 aliphatic heterocycles. The van der Waals surface area contributed by atoms with Crippen LogP contribution in [-0.4, -0.2) is 0 Å². The summed E-state index contributed by atoms with van der Waals surface area (Å²) in [7, 11) is 0. The van der Waals surface area contributed by atoms with Crippen LogP contribution in [0.4, 0.5) is 0 Å². The Morgan fingerprint density at radius 3 is 1.36 bits per heavy atom. The van der Waals surface area contributed by atoms with Crippen molar-refractivity contribution in [3.63, 3.8) is 0 Å². The molecule has 6 heteroatoms. The first-order valence-corrected chi connectivity index (χ1v) is 4.98.